The highest BCUT2D eigenvalue weighted by Crippen LogP contribution is 2.43. The number of carbonyl (C=O) groups is 2. The molecule has 1 amide bonds. The zero-order valence-electron chi connectivity index (χ0n) is 14.6. The van der Waals surface area contributed by atoms with Gasteiger partial charge in [-0.25, -0.2) is 0 Å². The van der Waals surface area contributed by atoms with Crippen molar-refractivity contribution >= 4 is 33.9 Å². The second-order valence-corrected chi connectivity index (χ2v) is 7.26. The van der Waals surface area contributed by atoms with Crippen molar-refractivity contribution in [1.29, 1.82) is 0 Å². The second kappa shape index (κ2) is 6.86. The summed E-state index contributed by atoms with van der Waals surface area (Å²) >= 11 is 1.16. The van der Waals surface area contributed by atoms with Gasteiger partial charge in [0.05, 0.1) is 11.6 Å². The minimum Gasteiger partial charge on any atom is -0.508 e. The van der Waals surface area contributed by atoms with Gasteiger partial charge in [0, 0.05) is 18.0 Å². The molecule has 4 rings (SSSR count). The number of aromatic nitrogens is 3. The molecule has 1 aromatic carbocycles. The van der Waals surface area contributed by atoms with Crippen LogP contribution in [-0.2, 0) is 9.59 Å². The molecular weight excluding hydrogens is 380 g/mol. The minimum atomic E-state index is -0.951. The fourth-order valence-corrected chi connectivity index (χ4v) is 3.80. The number of rotatable bonds is 3. The first kappa shape index (κ1) is 17.8. The van der Waals surface area contributed by atoms with Gasteiger partial charge in [-0.05, 0) is 36.8 Å². The van der Waals surface area contributed by atoms with Crippen LogP contribution in [0.15, 0.2) is 54.4 Å². The normalized spacial score (nSPS) is 18.6. The lowest BCUT2D eigenvalue weighted by Gasteiger charge is -2.22. The van der Waals surface area contributed by atoms with Crippen molar-refractivity contribution in [3.63, 3.8) is 0 Å². The lowest BCUT2D eigenvalue weighted by Crippen LogP contribution is -2.29. The quantitative estimate of drug-likeness (QED) is 0.398. The number of nitrogens with zero attached hydrogens (tertiary/aromatic N) is 4. The molecule has 3 heterocycles. The first-order valence-corrected chi connectivity index (χ1v) is 9.09. The number of benzene rings is 1. The van der Waals surface area contributed by atoms with Crippen LogP contribution in [0.25, 0.3) is 5.76 Å². The summed E-state index contributed by atoms with van der Waals surface area (Å²) in [4.78, 5) is 30.8. The van der Waals surface area contributed by atoms with Gasteiger partial charge in [0.15, 0.2) is 0 Å². The number of amides is 1. The number of phenols is 1. The molecule has 1 unspecified atom stereocenters. The van der Waals surface area contributed by atoms with E-state index in [1.165, 1.54) is 41.6 Å². The van der Waals surface area contributed by atoms with Crippen LogP contribution in [0.1, 0.15) is 22.2 Å². The number of hydrogen-bond acceptors (Lipinski definition) is 8. The fraction of sp³-hybridized carbons (Fsp3) is 0.105. The van der Waals surface area contributed by atoms with Crippen LogP contribution < -0.4 is 4.90 Å². The summed E-state index contributed by atoms with van der Waals surface area (Å²) in [6, 6.07) is 8.31. The molecular formula is C19H14N4O4S. The molecule has 0 aliphatic carbocycles. The van der Waals surface area contributed by atoms with Crippen molar-refractivity contribution in [2.75, 3.05) is 4.90 Å². The number of aliphatic hydroxyl groups is 1. The van der Waals surface area contributed by atoms with Crippen LogP contribution in [0.2, 0.25) is 0 Å². The van der Waals surface area contributed by atoms with Crippen LogP contribution in [-0.4, -0.2) is 37.1 Å². The molecule has 1 aliphatic rings. The van der Waals surface area contributed by atoms with E-state index in [0.29, 0.717) is 16.1 Å². The van der Waals surface area contributed by atoms with E-state index in [1.807, 2.05) is 0 Å². The Balaban J connectivity index is 1.96. The maximum Gasteiger partial charge on any atom is 0.301 e. The smallest absolute Gasteiger partial charge is 0.301 e. The van der Waals surface area contributed by atoms with Gasteiger partial charge in [-0.3, -0.25) is 19.5 Å². The van der Waals surface area contributed by atoms with Gasteiger partial charge in [-0.1, -0.05) is 23.5 Å². The van der Waals surface area contributed by atoms with Crippen molar-refractivity contribution in [2.45, 2.75) is 13.0 Å². The van der Waals surface area contributed by atoms with Gasteiger partial charge >= 0.3 is 5.91 Å². The Hall–Kier alpha value is -3.59. The third kappa shape index (κ3) is 2.91. The van der Waals surface area contributed by atoms with Crippen molar-refractivity contribution < 1.29 is 19.8 Å². The topological polar surface area (TPSA) is 117 Å². The molecule has 1 fully saturated rings. The number of pyridine rings is 1. The molecule has 9 heteroatoms. The number of carbonyl (C=O) groups excluding carboxylic acids is 2. The second-order valence-electron chi connectivity index (χ2n) is 6.10. The SMILES string of the molecule is Cc1nnc(N2C(=O)C(=O)/C(=C(/O)c3ccncc3)C2c2cccc(O)c2)s1. The average Bonchev–Trinajstić information content (AvgIpc) is 3.23. The van der Waals surface area contributed by atoms with Crippen LogP contribution in [0, 0.1) is 6.92 Å². The predicted octanol–water partition coefficient (Wildman–Crippen LogP) is 2.57. The molecule has 1 saturated heterocycles. The monoisotopic (exact) mass is 394 g/mol. The van der Waals surface area contributed by atoms with Gasteiger partial charge in [0.25, 0.3) is 5.78 Å². The molecule has 2 aromatic heterocycles. The van der Waals surface area contributed by atoms with Crippen molar-refractivity contribution in [3.8, 4) is 5.75 Å². The zero-order valence-corrected chi connectivity index (χ0v) is 15.4. The summed E-state index contributed by atoms with van der Waals surface area (Å²) in [6.45, 7) is 1.73. The zero-order chi connectivity index (χ0) is 19.8. The molecule has 140 valence electrons. The van der Waals surface area contributed by atoms with Crippen LogP contribution >= 0.6 is 11.3 Å². The summed E-state index contributed by atoms with van der Waals surface area (Å²) in [6.07, 6.45) is 2.95. The average molecular weight is 394 g/mol. The Morgan fingerprint density at radius 1 is 1.14 bits per heavy atom. The molecule has 0 radical (unpaired) electrons. The number of Topliss-reactive ketones (excluding diaryl/α,β-unsaturated/α-hetero) is 1. The highest BCUT2D eigenvalue weighted by Gasteiger charge is 2.48. The molecule has 2 N–H and O–H groups in total. The van der Waals surface area contributed by atoms with Crippen LogP contribution in [0.3, 0.4) is 0 Å². The summed E-state index contributed by atoms with van der Waals surface area (Å²) in [5.74, 6) is -2.01. The lowest BCUT2D eigenvalue weighted by molar-refractivity contribution is -0.132. The van der Waals surface area contributed by atoms with Gasteiger partial charge in [-0.15, -0.1) is 10.2 Å². The molecule has 1 atom stereocenters. The van der Waals surface area contributed by atoms with E-state index in [1.54, 1.807) is 19.1 Å². The van der Waals surface area contributed by atoms with E-state index < -0.39 is 17.7 Å². The Bertz CT molecular complexity index is 1110. The van der Waals surface area contributed by atoms with E-state index in [9.17, 15) is 19.8 Å². The summed E-state index contributed by atoms with van der Waals surface area (Å²) in [5, 5.41) is 29.5. The molecule has 0 bridgehead atoms. The maximum absolute atomic E-state index is 12.8. The molecule has 0 saturated carbocycles. The maximum atomic E-state index is 12.8. The third-order valence-electron chi connectivity index (χ3n) is 4.31. The van der Waals surface area contributed by atoms with Gasteiger partial charge in [0.2, 0.25) is 5.13 Å². The molecule has 28 heavy (non-hydrogen) atoms. The van der Waals surface area contributed by atoms with Crippen LogP contribution in [0.4, 0.5) is 5.13 Å². The Kier molecular flexibility index (Phi) is 4.36. The fourth-order valence-electron chi connectivity index (χ4n) is 3.09. The number of phenolic OH excluding ortho intramolecular Hbond substituents is 1. The Morgan fingerprint density at radius 3 is 2.54 bits per heavy atom. The van der Waals surface area contributed by atoms with Crippen molar-refractivity contribution in [2.24, 2.45) is 0 Å². The molecule has 1 aliphatic heterocycles. The number of aryl methyl sites for hydroxylation is 1. The third-order valence-corrected chi connectivity index (χ3v) is 5.14. The number of hydrogen-bond donors (Lipinski definition) is 2. The highest BCUT2D eigenvalue weighted by molar-refractivity contribution is 7.15. The van der Waals surface area contributed by atoms with E-state index in [-0.39, 0.29) is 22.2 Å². The first-order chi connectivity index (χ1) is 13.5. The largest absolute Gasteiger partial charge is 0.508 e. The molecule has 8 nitrogen and oxygen atoms in total. The Labute approximate surface area is 163 Å². The molecule has 3 aromatic rings. The Morgan fingerprint density at radius 2 is 1.89 bits per heavy atom. The van der Waals surface area contributed by atoms with E-state index in [2.05, 4.69) is 15.2 Å². The van der Waals surface area contributed by atoms with Crippen LogP contribution in [0.5, 0.6) is 5.75 Å². The van der Waals surface area contributed by atoms with E-state index >= 15 is 0 Å². The van der Waals surface area contributed by atoms with Gasteiger partial charge in [0.1, 0.15) is 16.5 Å². The lowest BCUT2D eigenvalue weighted by atomic mass is 9.95. The number of ketones is 1. The molecule has 0 spiro atoms. The minimum absolute atomic E-state index is 0.0274. The standard InChI is InChI=1S/C19H14N4O4S/c1-10-21-22-19(28-10)23-15(12-3-2-4-13(24)9-12)14(17(26)18(23)27)16(25)11-5-7-20-8-6-11/h2-9,15,24-25H,1H3/b16-14+. The van der Waals surface area contributed by atoms with E-state index in [0.717, 1.165) is 11.3 Å². The predicted molar refractivity (Wildman–Crippen MR) is 102 cm³/mol. The highest BCUT2D eigenvalue weighted by atomic mass is 32.1. The number of aromatic hydroxyl groups is 1. The van der Waals surface area contributed by atoms with Crippen molar-refractivity contribution in [1.82, 2.24) is 15.2 Å². The summed E-state index contributed by atoms with van der Waals surface area (Å²) in [5.41, 5.74) is 0.726. The van der Waals surface area contributed by atoms with Gasteiger partial charge in [-0.2, -0.15) is 0 Å². The summed E-state index contributed by atoms with van der Waals surface area (Å²) in [7, 11) is 0. The van der Waals surface area contributed by atoms with E-state index in [4.69, 9.17) is 0 Å². The first-order valence-electron chi connectivity index (χ1n) is 8.28. The number of anilines is 1. The summed E-state index contributed by atoms with van der Waals surface area (Å²) < 4.78 is 0. The van der Waals surface area contributed by atoms with Crippen molar-refractivity contribution in [3.05, 3.63) is 70.5 Å². The number of aliphatic hydroxyl groups excluding tert-OH is 1. The van der Waals surface area contributed by atoms with Gasteiger partial charge < -0.3 is 10.2 Å².